The lowest BCUT2D eigenvalue weighted by Crippen LogP contribution is -2.59. The minimum atomic E-state index is -0.354. The van der Waals surface area contributed by atoms with E-state index in [1.54, 1.807) is 0 Å². The van der Waals surface area contributed by atoms with Crippen molar-refractivity contribution < 1.29 is 5.11 Å². The van der Waals surface area contributed by atoms with Gasteiger partial charge in [0, 0.05) is 13.1 Å². The second kappa shape index (κ2) is 4.24. The zero-order chi connectivity index (χ0) is 9.03. The molecular formula is C10H21NO. The predicted octanol–water partition coefficient (Wildman–Crippen LogP) is 1.54. The molecule has 0 aromatic rings. The van der Waals surface area contributed by atoms with Crippen molar-refractivity contribution in [2.24, 2.45) is 5.92 Å². The van der Waals surface area contributed by atoms with Crippen LogP contribution in [0.4, 0.5) is 0 Å². The van der Waals surface area contributed by atoms with Gasteiger partial charge < -0.3 is 10.4 Å². The van der Waals surface area contributed by atoms with Crippen LogP contribution in [0.15, 0.2) is 0 Å². The molecule has 1 aliphatic rings. The first kappa shape index (κ1) is 10.0. The van der Waals surface area contributed by atoms with Crippen LogP contribution in [0.5, 0.6) is 0 Å². The summed E-state index contributed by atoms with van der Waals surface area (Å²) < 4.78 is 0. The van der Waals surface area contributed by atoms with Gasteiger partial charge in [-0.25, -0.2) is 0 Å². The van der Waals surface area contributed by atoms with Crippen molar-refractivity contribution in [3.63, 3.8) is 0 Å². The minimum Gasteiger partial charge on any atom is -0.387 e. The first-order chi connectivity index (χ1) is 5.66. The topological polar surface area (TPSA) is 32.3 Å². The zero-order valence-corrected chi connectivity index (χ0v) is 8.27. The molecule has 1 heterocycles. The summed E-state index contributed by atoms with van der Waals surface area (Å²) in [4.78, 5) is 0. The molecule has 1 saturated heterocycles. The molecule has 1 fully saturated rings. The summed E-state index contributed by atoms with van der Waals surface area (Å²) in [5.41, 5.74) is -0.354. The molecule has 2 heteroatoms. The maximum absolute atomic E-state index is 9.73. The van der Waals surface area contributed by atoms with E-state index in [4.69, 9.17) is 0 Å². The molecule has 0 aromatic carbocycles. The predicted molar refractivity (Wildman–Crippen MR) is 51.1 cm³/mol. The first-order valence-electron chi connectivity index (χ1n) is 5.09. The Hall–Kier alpha value is -0.0800. The Bertz CT molecular complexity index is 132. The van der Waals surface area contributed by atoms with Crippen molar-refractivity contribution in [3.8, 4) is 0 Å². The van der Waals surface area contributed by atoms with E-state index in [0.29, 0.717) is 0 Å². The fourth-order valence-corrected chi connectivity index (χ4v) is 1.57. The zero-order valence-electron chi connectivity index (χ0n) is 8.27. The normalized spacial score (nSPS) is 23.2. The van der Waals surface area contributed by atoms with Crippen LogP contribution in [0.2, 0.25) is 0 Å². The van der Waals surface area contributed by atoms with Crippen molar-refractivity contribution in [2.75, 3.05) is 13.1 Å². The van der Waals surface area contributed by atoms with Gasteiger partial charge in [-0.1, -0.05) is 33.1 Å². The molecule has 0 aromatic heterocycles. The molecule has 0 bridgehead atoms. The Balaban J connectivity index is 2.01. The van der Waals surface area contributed by atoms with Gasteiger partial charge >= 0.3 is 0 Å². The molecule has 2 N–H and O–H groups in total. The van der Waals surface area contributed by atoms with Crippen LogP contribution in [0.1, 0.15) is 39.5 Å². The number of hydrogen-bond acceptors (Lipinski definition) is 2. The van der Waals surface area contributed by atoms with E-state index >= 15 is 0 Å². The second-order valence-electron chi connectivity index (χ2n) is 4.23. The third-order valence-corrected chi connectivity index (χ3v) is 2.94. The van der Waals surface area contributed by atoms with E-state index in [1.165, 1.54) is 19.3 Å². The summed E-state index contributed by atoms with van der Waals surface area (Å²) in [5, 5.41) is 12.8. The average Bonchev–Trinajstić information content (AvgIpc) is 2.01. The van der Waals surface area contributed by atoms with Crippen LogP contribution in [-0.4, -0.2) is 23.8 Å². The Labute approximate surface area is 75.4 Å². The van der Waals surface area contributed by atoms with Gasteiger partial charge in [-0.15, -0.1) is 0 Å². The van der Waals surface area contributed by atoms with E-state index in [2.05, 4.69) is 19.2 Å². The first-order valence-corrected chi connectivity index (χ1v) is 5.09. The number of hydrogen-bond donors (Lipinski definition) is 2. The molecule has 1 rings (SSSR count). The number of aliphatic hydroxyl groups is 1. The molecule has 1 atom stereocenters. The number of rotatable bonds is 5. The molecule has 0 spiro atoms. The van der Waals surface area contributed by atoms with E-state index < -0.39 is 0 Å². The third kappa shape index (κ3) is 2.76. The highest BCUT2D eigenvalue weighted by Gasteiger charge is 2.33. The molecule has 12 heavy (non-hydrogen) atoms. The molecule has 1 unspecified atom stereocenters. The molecule has 72 valence electrons. The van der Waals surface area contributed by atoms with Gasteiger partial charge in [0.2, 0.25) is 0 Å². The van der Waals surface area contributed by atoms with Gasteiger partial charge in [0.25, 0.3) is 0 Å². The number of β-amino-alcohol motifs (C(OH)–C–C–N with tert-alkyl or cyclic N) is 1. The smallest absolute Gasteiger partial charge is 0.0895 e. The maximum Gasteiger partial charge on any atom is 0.0895 e. The fraction of sp³-hybridized carbons (Fsp3) is 1.00. The van der Waals surface area contributed by atoms with Gasteiger partial charge in [0.15, 0.2) is 0 Å². The van der Waals surface area contributed by atoms with E-state index in [9.17, 15) is 5.11 Å². The van der Waals surface area contributed by atoms with Crippen LogP contribution < -0.4 is 5.32 Å². The van der Waals surface area contributed by atoms with Crippen molar-refractivity contribution in [3.05, 3.63) is 0 Å². The quantitative estimate of drug-likeness (QED) is 0.657. The standard InChI is InChI=1S/C10H21NO/c1-3-9(2)5-4-6-10(12)7-11-8-10/h9,11-12H,3-8H2,1-2H3. The van der Waals surface area contributed by atoms with Crippen LogP contribution in [-0.2, 0) is 0 Å². The molecular weight excluding hydrogens is 150 g/mol. The van der Waals surface area contributed by atoms with Crippen LogP contribution in [0, 0.1) is 5.92 Å². The average molecular weight is 171 g/mol. The lowest BCUT2D eigenvalue weighted by molar-refractivity contribution is -0.0197. The Morgan fingerprint density at radius 2 is 2.17 bits per heavy atom. The molecule has 1 aliphatic heterocycles. The lowest BCUT2D eigenvalue weighted by Gasteiger charge is -2.37. The molecule has 0 aliphatic carbocycles. The molecule has 0 saturated carbocycles. The summed E-state index contributed by atoms with van der Waals surface area (Å²) in [6.07, 6.45) is 4.67. The van der Waals surface area contributed by atoms with Crippen LogP contribution in [0.25, 0.3) is 0 Å². The highest BCUT2D eigenvalue weighted by Crippen LogP contribution is 2.21. The number of nitrogens with one attached hydrogen (secondary N) is 1. The fourth-order valence-electron chi connectivity index (χ4n) is 1.57. The third-order valence-electron chi connectivity index (χ3n) is 2.94. The molecule has 2 nitrogen and oxygen atoms in total. The molecule has 0 radical (unpaired) electrons. The summed E-state index contributed by atoms with van der Waals surface area (Å²) in [6, 6.07) is 0. The van der Waals surface area contributed by atoms with Crippen LogP contribution in [0.3, 0.4) is 0 Å². The highest BCUT2D eigenvalue weighted by atomic mass is 16.3. The van der Waals surface area contributed by atoms with E-state index in [1.807, 2.05) is 0 Å². The minimum absolute atomic E-state index is 0.354. The lowest BCUT2D eigenvalue weighted by atomic mass is 9.89. The Kier molecular flexibility index (Phi) is 3.53. The van der Waals surface area contributed by atoms with Gasteiger partial charge in [0.05, 0.1) is 5.60 Å². The van der Waals surface area contributed by atoms with Gasteiger partial charge in [0.1, 0.15) is 0 Å². The van der Waals surface area contributed by atoms with Crippen molar-refractivity contribution in [1.82, 2.24) is 5.32 Å². The summed E-state index contributed by atoms with van der Waals surface area (Å²) >= 11 is 0. The summed E-state index contributed by atoms with van der Waals surface area (Å²) in [6.45, 7) is 6.11. The van der Waals surface area contributed by atoms with E-state index in [0.717, 1.165) is 25.4 Å². The largest absolute Gasteiger partial charge is 0.387 e. The summed E-state index contributed by atoms with van der Waals surface area (Å²) in [7, 11) is 0. The van der Waals surface area contributed by atoms with Crippen molar-refractivity contribution >= 4 is 0 Å². The Morgan fingerprint density at radius 3 is 2.58 bits per heavy atom. The maximum atomic E-state index is 9.73. The van der Waals surface area contributed by atoms with Crippen molar-refractivity contribution in [2.45, 2.75) is 45.1 Å². The summed E-state index contributed by atoms with van der Waals surface area (Å²) in [5.74, 6) is 0.821. The van der Waals surface area contributed by atoms with Gasteiger partial charge in [-0.05, 0) is 12.3 Å². The SMILES string of the molecule is CCC(C)CCCC1(O)CNC1. The monoisotopic (exact) mass is 171 g/mol. The highest BCUT2D eigenvalue weighted by molar-refractivity contribution is 4.92. The Morgan fingerprint density at radius 1 is 1.50 bits per heavy atom. The van der Waals surface area contributed by atoms with Gasteiger partial charge in [-0.2, -0.15) is 0 Å². The van der Waals surface area contributed by atoms with Crippen molar-refractivity contribution in [1.29, 1.82) is 0 Å². The second-order valence-corrected chi connectivity index (χ2v) is 4.23. The van der Waals surface area contributed by atoms with E-state index in [-0.39, 0.29) is 5.60 Å². The molecule has 0 amide bonds. The van der Waals surface area contributed by atoms with Crippen LogP contribution >= 0.6 is 0 Å². The van der Waals surface area contributed by atoms with Gasteiger partial charge in [-0.3, -0.25) is 0 Å².